The van der Waals surface area contributed by atoms with E-state index in [1.165, 1.54) is 0 Å². The van der Waals surface area contributed by atoms with Gasteiger partial charge in [0.05, 0.1) is 6.10 Å². The predicted molar refractivity (Wildman–Crippen MR) is 63.4 cm³/mol. The van der Waals surface area contributed by atoms with Gasteiger partial charge in [-0.15, -0.1) is 17.9 Å². The van der Waals surface area contributed by atoms with Crippen LogP contribution in [0.25, 0.3) is 0 Å². The van der Waals surface area contributed by atoms with Gasteiger partial charge in [-0.25, -0.2) is 0 Å². The van der Waals surface area contributed by atoms with Gasteiger partial charge in [0.15, 0.2) is 3.95 Å². The molecular weight excluding hydrogens is 214 g/mol. The maximum Gasteiger partial charge on any atom is 0.161 e. The highest BCUT2D eigenvalue weighted by Gasteiger charge is 2.11. The monoisotopic (exact) mass is 229 g/mol. The lowest BCUT2D eigenvalue weighted by Crippen LogP contribution is -2.13. The van der Waals surface area contributed by atoms with E-state index in [4.69, 9.17) is 12.2 Å². The molecule has 2 nitrogen and oxygen atoms in total. The molecule has 4 heteroatoms. The van der Waals surface area contributed by atoms with Gasteiger partial charge in [0, 0.05) is 17.1 Å². The Balaban J connectivity index is 2.84. The standard InChI is InChI=1S/C10H15NOS2/c1-4-9(12)5-7(2)11-8(3)6-14-10(11)13/h4,6-7,9,12H,1,5H2,2-3H3. The molecule has 78 valence electrons. The zero-order valence-electron chi connectivity index (χ0n) is 8.43. The quantitative estimate of drug-likeness (QED) is 0.634. The fourth-order valence-corrected chi connectivity index (χ4v) is 2.76. The molecule has 1 aromatic heterocycles. The second-order valence-electron chi connectivity index (χ2n) is 3.40. The minimum absolute atomic E-state index is 0.224. The second kappa shape index (κ2) is 4.87. The Morgan fingerprint density at radius 1 is 1.79 bits per heavy atom. The van der Waals surface area contributed by atoms with E-state index >= 15 is 0 Å². The van der Waals surface area contributed by atoms with Crippen LogP contribution in [-0.4, -0.2) is 15.8 Å². The number of hydrogen-bond donors (Lipinski definition) is 1. The average molecular weight is 229 g/mol. The molecule has 1 N–H and O–H groups in total. The normalized spacial score (nSPS) is 15.1. The van der Waals surface area contributed by atoms with Gasteiger partial charge in [0.2, 0.25) is 0 Å². The second-order valence-corrected chi connectivity index (χ2v) is 4.90. The highest BCUT2D eigenvalue weighted by molar-refractivity contribution is 7.73. The first-order chi connectivity index (χ1) is 6.56. The van der Waals surface area contributed by atoms with Gasteiger partial charge in [-0.2, -0.15) is 0 Å². The number of aryl methyl sites for hydroxylation is 1. The Labute approximate surface area is 93.5 Å². The summed E-state index contributed by atoms with van der Waals surface area (Å²) >= 11 is 6.78. The van der Waals surface area contributed by atoms with Crippen molar-refractivity contribution in [3.8, 4) is 0 Å². The summed E-state index contributed by atoms with van der Waals surface area (Å²) in [7, 11) is 0. The molecule has 0 amide bonds. The highest BCUT2D eigenvalue weighted by atomic mass is 32.1. The molecule has 0 saturated heterocycles. The lowest BCUT2D eigenvalue weighted by atomic mass is 10.1. The summed E-state index contributed by atoms with van der Waals surface area (Å²) in [6.07, 6.45) is 1.77. The first-order valence-electron chi connectivity index (χ1n) is 4.53. The summed E-state index contributed by atoms with van der Waals surface area (Å²) in [5, 5.41) is 11.5. The Bertz CT molecular complexity index is 366. The van der Waals surface area contributed by atoms with Crippen molar-refractivity contribution in [1.82, 2.24) is 4.57 Å². The van der Waals surface area contributed by atoms with Gasteiger partial charge in [-0.05, 0) is 32.5 Å². The molecule has 0 aliphatic carbocycles. The summed E-state index contributed by atoms with van der Waals surface area (Å²) in [6.45, 7) is 7.65. The van der Waals surface area contributed by atoms with Crippen molar-refractivity contribution in [2.45, 2.75) is 32.4 Å². The molecule has 1 rings (SSSR count). The van der Waals surface area contributed by atoms with Crippen LogP contribution in [0.15, 0.2) is 18.0 Å². The predicted octanol–water partition coefficient (Wildman–Crippen LogP) is 3.09. The van der Waals surface area contributed by atoms with Crippen LogP contribution in [0, 0.1) is 10.9 Å². The number of aliphatic hydroxyl groups excluding tert-OH is 1. The average Bonchev–Trinajstić information content (AvgIpc) is 2.46. The molecular formula is C10H15NOS2. The molecule has 1 heterocycles. The van der Waals surface area contributed by atoms with Crippen LogP contribution in [0.5, 0.6) is 0 Å². The van der Waals surface area contributed by atoms with E-state index in [2.05, 4.69) is 18.1 Å². The van der Waals surface area contributed by atoms with E-state index in [-0.39, 0.29) is 6.04 Å². The Morgan fingerprint density at radius 3 is 2.86 bits per heavy atom. The van der Waals surface area contributed by atoms with Gasteiger partial charge < -0.3 is 9.67 Å². The summed E-state index contributed by atoms with van der Waals surface area (Å²) in [5.41, 5.74) is 1.16. The van der Waals surface area contributed by atoms with Crippen LogP contribution in [0.3, 0.4) is 0 Å². The summed E-state index contributed by atoms with van der Waals surface area (Å²) in [6, 6.07) is 0.224. The third kappa shape index (κ3) is 2.53. The highest BCUT2D eigenvalue weighted by Crippen LogP contribution is 2.20. The van der Waals surface area contributed by atoms with E-state index in [9.17, 15) is 5.11 Å². The Hall–Kier alpha value is -0.450. The molecule has 2 atom stereocenters. The van der Waals surface area contributed by atoms with Crippen molar-refractivity contribution in [3.63, 3.8) is 0 Å². The van der Waals surface area contributed by atoms with Gasteiger partial charge in [0.25, 0.3) is 0 Å². The summed E-state index contributed by atoms with van der Waals surface area (Å²) in [4.78, 5) is 0. The number of thiazole rings is 1. The third-order valence-corrected chi connectivity index (χ3v) is 3.55. The minimum Gasteiger partial charge on any atom is -0.389 e. The van der Waals surface area contributed by atoms with Crippen molar-refractivity contribution >= 4 is 23.6 Å². The number of hydrogen-bond acceptors (Lipinski definition) is 3. The SMILES string of the molecule is C=CC(O)CC(C)n1c(C)csc1=S. The Morgan fingerprint density at radius 2 is 2.43 bits per heavy atom. The molecule has 2 unspecified atom stereocenters. The topological polar surface area (TPSA) is 25.2 Å². The van der Waals surface area contributed by atoms with Crippen molar-refractivity contribution in [2.24, 2.45) is 0 Å². The lowest BCUT2D eigenvalue weighted by Gasteiger charge is -2.17. The smallest absolute Gasteiger partial charge is 0.161 e. The van der Waals surface area contributed by atoms with E-state index in [0.29, 0.717) is 6.42 Å². The fourth-order valence-electron chi connectivity index (χ4n) is 1.47. The van der Waals surface area contributed by atoms with Crippen LogP contribution >= 0.6 is 23.6 Å². The summed E-state index contributed by atoms with van der Waals surface area (Å²) < 4.78 is 2.94. The van der Waals surface area contributed by atoms with Crippen molar-refractivity contribution in [3.05, 3.63) is 27.7 Å². The molecule has 1 aromatic rings. The first-order valence-corrected chi connectivity index (χ1v) is 5.82. The molecule has 14 heavy (non-hydrogen) atoms. The van der Waals surface area contributed by atoms with Gasteiger partial charge in [-0.3, -0.25) is 0 Å². The largest absolute Gasteiger partial charge is 0.389 e. The van der Waals surface area contributed by atoms with Crippen molar-refractivity contribution in [1.29, 1.82) is 0 Å². The zero-order chi connectivity index (χ0) is 10.7. The molecule has 0 aliphatic heterocycles. The first kappa shape index (κ1) is 11.6. The zero-order valence-corrected chi connectivity index (χ0v) is 10.1. The van der Waals surface area contributed by atoms with Crippen LogP contribution in [0.2, 0.25) is 0 Å². The van der Waals surface area contributed by atoms with Gasteiger partial charge in [0.1, 0.15) is 0 Å². The molecule has 0 fully saturated rings. The van der Waals surface area contributed by atoms with Crippen LogP contribution in [0.1, 0.15) is 25.1 Å². The third-order valence-electron chi connectivity index (χ3n) is 2.20. The number of aliphatic hydroxyl groups is 1. The molecule has 0 aromatic carbocycles. The molecule has 0 saturated carbocycles. The molecule has 0 spiro atoms. The van der Waals surface area contributed by atoms with Crippen LogP contribution in [-0.2, 0) is 0 Å². The van der Waals surface area contributed by atoms with Crippen LogP contribution in [0.4, 0.5) is 0 Å². The van der Waals surface area contributed by atoms with Crippen molar-refractivity contribution < 1.29 is 5.11 Å². The van der Waals surface area contributed by atoms with E-state index in [1.54, 1.807) is 17.4 Å². The van der Waals surface area contributed by atoms with Crippen LogP contribution < -0.4 is 0 Å². The fraction of sp³-hybridized carbons (Fsp3) is 0.500. The number of aromatic nitrogens is 1. The maximum absolute atomic E-state index is 9.45. The minimum atomic E-state index is -0.453. The molecule has 0 bridgehead atoms. The number of nitrogens with zero attached hydrogens (tertiary/aromatic N) is 1. The maximum atomic E-state index is 9.45. The molecule has 0 radical (unpaired) electrons. The number of rotatable bonds is 4. The van der Waals surface area contributed by atoms with Gasteiger partial charge >= 0.3 is 0 Å². The van der Waals surface area contributed by atoms with Gasteiger partial charge in [-0.1, -0.05) is 6.08 Å². The molecule has 0 aliphatic rings. The van der Waals surface area contributed by atoms with E-state index in [1.807, 2.05) is 12.3 Å². The van der Waals surface area contributed by atoms with E-state index in [0.717, 1.165) is 9.65 Å². The van der Waals surface area contributed by atoms with Crippen molar-refractivity contribution in [2.75, 3.05) is 0 Å². The summed E-state index contributed by atoms with van der Waals surface area (Å²) in [5.74, 6) is 0. The van der Waals surface area contributed by atoms with E-state index < -0.39 is 6.10 Å². The lowest BCUT2D eigenvalue weighted by molar-refractivity contribution is 0.191. The Kier molecular flexibility index (Phi) is 4.04.